The number of hydrogen-bond donors (Lipinski definition) is 1. The molecule has 5 nitrogen and oxygen atoms in total. The lowest BCUT2D eigenvalue weighted by Gasteiger charge is -2.27. The molecule has 0 amide bonds. The van der Waals surface area contributed by atoms with Gasteiger partial charge in [-0.3, -0.25) is 15.3 Å². The van der Waals surface area contributed by atoms with Crippen LogP contribution in [0.2, 0.25) is 0 Å². The molecule has 3 rings (SSSR count). The van der Waals surface area contributed by atoms with E-state index in [1.54, 1.807) is 18.6 Å². The van der Waals surface area contributed by atoms with Crippen LogP contribution in [-0.2, 0) is 0 Å². The van der Waals surface area contributed by atoms with Gasteiger partial charge in [-0.05, 0) is 32.9 Å². The van der Waals surface area contributed by atoms with E-state index >= 15 is 0 Å². The van der Waals surface area contributed by atoms with Gasteiger partial charge in [-0.1, -0.05) is 18.2 Å². The minimum absolute atomic E-state index is 0.385. The minimum Gasteiger partial charge on any atom is -0.288 e. The molecule has 1 N–H and O–H groups in total. The van der Waals surface area contributed by atoms with E-state index in [4.69, 9.17) is 0 Å². The standard InChI is InChI=1S/C17H18N4O/c1-17(2,3)21(22)11-14-10-19-16(20-14)13-8-12-6-4-5-7-15(12)18-9-13/h4-11,22H,1-3H3. The summed E-state index contributed by atoms with van der Waals surface area (Å²) < 4.78 is 0. The molecular weight excluding hydrogens is 276 g/mol. The van der Waals surface area contributed by atoms with Crippen LogP contribution in [0.5, 0.6) is 0 Å². The van der Waals surface area contributed by atoms with Gasteiger partial charge in [-0.2, -0.15) is 0 Å². The van der Waals surface area contributed by atoms with Crippen LogP contribution in [0.4, 0.5) is 0 Å². The third-order valence-electron chi connectivity index (χ3n) is 3.34. The fourth-order valence-corrected chi connectivity index (χ4v) is 2.02. The van der Waals surface area contributed by atoms with Gasteiger partial charge in [0.25, 0.3) is 0 Å². The SMILES string of the molecule is CC(C)(C)N(O)C=C1C=NC(c2cnc3ccccc3c2)=N1. The largest absolute Gasteiger partial charge is 0.288 e. The van der Waals surface area contributed by atoms with Crippen molar-refractivity contribution in [1.82, 2.24) is 10.0 Å². The molecule has 0 saturated heterocycles. The van der Waals surface area contributed by atoms with Gasteiger partial charge in [0, 0.05) is 17.1 Å². The zero-order valence-electron chi connectivity index (χ0n) is 12.9. The maximum Gasteiger partial charge on any atom is 0.161 e. The van der Waals surface area contributed by atoms with Gasteiger partial charge in [0.05, 0.1) is 23.5 Å². The quantitative estimate of drug-likeness (QED) is 0.864. The molecule has 0 spiro atoms. The Labute approximate surface area is 129 Å². The topological polar surface area (TPSA) is 61.1 Å². The smallest absolute Gasteiger partial charge is 0.161 e. The van der Waals surface area contributed by atoms with Crippen molar-refractivity contribution in [2.75, 3.05) is 0 Å². The summed E-state index contributed by atoms with van der Waals surface area (Å²) in [5.74, 6) is 0.604. The van der Waals surface area contributed by atoms with Crippen molar-refractivity contribution in [2.24, 2.45) is 9.98 Å². The molecule has 22 heavy (non-hydrogen) atoms. The van der Waals surface area contributed by atoms with E-state index in [-0.39, 0.29) is 5.54 Å². The van der Waals surface area contributed by atoms with E-state index in [1.165, 1.54) is 0 Å². The summed E-state index contributed by atoms with van der Waals surface area (Å²) >= 11 is 0. The molecule has 1 aliphatic rings. The Morgan fingerprint density at radius 1 is 1.18 bits per heavy atom. The number of rotatable bonds is 2. The van der Waals surface area contributed by atoms with E-state index in [9.17, 15) is 5.21 Å². The van der Waals surface area contributed by atoms with Crippen LogP contribution in [0.15, 0.2) is 58.4 Å². The molecular formula is C17H18N4O. The second kappa shape index (κ2) is 5.35. The number of amidine groups is 1. The third-order valence-corrected chi connectivity index (χ3v) is 3.34. The number of nitrogens with zero attached hydrogens (tertiary/aromatic N) is 4. The van der Waals surface area contributed by atoms with Crippen molar-refractivity contribution in [2.45, 2.75) is 26.3 Å². The third kappa shape index (κ3) is 2.89. The van der Waals surface area contributed by atoms with Crippen LogP contribution in [0.25, 0.3) is 10.9 Å². The van der Waals surface area contributed by atoms with Gasteiger partial charge in [-0.25, -0.2) is 9.98 Å². The van der Waals surface area contributed by atoms with Crippen LogP contribution in [0, 0.1) is 0 Å². The summed E-state index contributed by atoms with van der Waals surface area (Å²) in [6.45, 7) is 5.73. The molecule has 0 aliphatic carbocycles. The van der Waals surface area contributed by atoms with Crippen LogP contribution in [-0.4, -0.2) is 32.8 Å². The van der Waals surface area contributed by atoms with Gasteiger partial charge in [-0.15, -0.1) is 0 Å². The molecule has 2 heterocycles. The second-order valence-corrected chi connectivity index (χ2v) is 6.18. The highest BCUT2D eigenvalue weighted by atomic mass is 16.5. The molecule has 5 heteroatoms. The summed E-state index contributed by atoms with van der Waals surface area (Å²) in [4.78, 5) is 13.2. The molecule has 0 saturated carbocycles. The summed E-state index contributed by atoms with van der Waals surface area (Å²) in [5, 5.41) is 12.1. The van der Waals surface area contributed by atoms with E-state index < -0.39 is 0 Å². The van der Waals surface area contributed by atoms with Crippen molar-refractivity contribution in [3.05, 3.63) is 54.0 Å². The van der Waals surface area contributed by atoms with E-state index in [1.807, 2.05) is 51.1 Å². The zero-order chi connectivity index (χ0) is 15.7. The van der Waals surface area contributed by atoms with E-state index in [0.29, 0.717) is 11.5 Å². The Balaban J connectivity index is 1.91. The highest BCUT2D eigenvalue weighted by Crippen LogP contribution is 2.18. The van der Waals surface area contributed by atoms with E-state index in [2.05, 4.69) is 15.0 Å². The predicted octanol–water partition coefficient (Wildman–Crippen LogP) is 3.40. The molecule has 0 atom stereocenters. The molecule has 112 valence electrons. The lowest BCUT2D eigenvalue weighted by atomic mass is 10.1. The Morgan fingerprint density at radius 3 is 2.73 bits per heavy atom. The first-order valence-electron chi connectivity index (χ1n) is 7.11. The van der Waals surface area contributed by atoms with Crippen molar-refractivity contribution < 1.29 is 5.21 Å². The van der Waals surface area contributed by atoms with Crippen molar-refractivity contribution >= 4 is 23.0 Å². The number of aromatic nitrogens is 1. The number of benzene rings is 1. The van der Waals surface area contributed by atoms with Gasteiger partial charge in [0.15, 0.2) is 5.84 Å². The first-order chi connectivity index (χ1) is 10.4. The predicted molar refractivity (Wildman–Crippen MR) is 88.2 cm³/mol. The molecule has 1 aromatic carbocycles. The van der Waals surface area contributed by atoms with Gasteiger partial charge in [0.2, 0.25) is 0 Å². The van der Waals surface area contributed by atoms with E-state index in [0.717, 1.165) is 21.5 Å². The molecule has 0 unspecified atom stereocenters. The first-order valence-corrected chi connectivity index (χ1v) is 7.11. The minimum atomic E-state index is -0.385. The lowest BCUT2D eigenvalue weighted by Crippen LogP contribution is -2.34. The molecule has 1 aliphatic heterocycles. The number of fused-ring (bicyclic) bond motifs is 1. The number of pyridine rings is 1. The van der Waals surface area contributed by atoms with Crippen LogP contribution >= 0.6 is 0 Å². The maximum absolute atomic E-state index is 9.96. The number of hydrogen-bond acceptors (Lipinski definition) is 5. The van der Waals surface area contributed by atoms with Crippen LogP contribution in [0.3, 0.4) is 0 Å². The Bertz CT molecular complexity index is 800. The summed E-state index contributed by atoms with van der Waals surface area (Å²) in [6, 6.07) is 9.94. The lowest BCUT2D eigenvalue weighted by molar-refractivity contribution is -0.110. The highest BCUT2D eigenvalue weighted by Gasteiger charge is 2.18. The van der Waals surface area contributed by atoms with Crippen molar-refractivity contribution in [1.29, 1.82) is 0 Å². The molecule has 1 aromatic heterocycles. The number of allylic oxidation sites excluding steroid dienone is 1. The van der Waals surface area contributed by atoms with Crippen molar-refractivity contribution in [3.63, 3.8) is 0 Å². The first kappa shape index (κ1) is 14.4. The van der Waals surface area contributed by atoms with Crippen LogP contribution in [0.1, 0.15) is 26.3 Å². The van der Waals surface area contributed by atoms with Gasteiger partial charge < -0.3 is 0 Å². The zero-order valence-corrected chi connectivity index (χ0v) is 12.9. The molecule has 0 radical (unpaired) electrons. The number of hydroxylamine groups is 2. The monoisotopic (exact) mass is 294 g/mol. The fraction of sp³-hybridized carbons (Fsp3) is 0.235. The van der Waals surface area contributed by atoms with Gasteiger partial charge in [0.1, 0.15) is 5.70 Å². The fourth-order valence-electron chi connectivity index (χ4n) is 2.02. The Morgan fingerprint density at radius 2 is 1.95 bits per heavy atom. The second-order valence-electron chi connectivity index (χ2n) is 6.18. The summed E-state index contributed by atoms with van der Waals surface area (Å²) in [7, 11) is 0. The summed E-state index contributed by atoms with van der Waals surface area (Å²) in [6.07, 6.45) is 4.98. The summed E-state index contributed by atoms with van der Waals surface area (Å²) in [5.41, 5.74) is 2.03. The Kier molecular flexibility index (Phi) is 3.50. The number of aliphatic imine (C=N–C) groups is 2. The maximum atomic E-state index is 9.96. The number of para-hydroxylation sites is 1. The Hall–Kier alpha value is -2.53. The molecule has 2 aromatic rings. The van der Waals surface area contributed by atoms with Crippen LogP contribution < -0.4 is 0 Å². The average Bonchev–Trinajstić information content (AvgIpc) is 2.94. The molecule has 0 fully saturated rings. The van der Waals surface area contributed by atoms with Crippen molar-refractivity contribution in [3.8, 4) is 0 Å². The molecule has 0 bridgehead atoms. The normalized spacial score (nSPS) is 16.4. The highest BCUT2D eigenvalue weighted by molar-refractivity contribution is 6.11. The average molecular weight is 294 g/mol. The van der Waals surface area contributed by atoms with Gasteiger partial charge >= 0.3 is 0 Å².